The summed E-state index contributed by atoms with van der Waals surface area (Å²) in [6.45, 7) is 0. The molecule has 0 amide bonds. The lowest BCUT2D eigenvalue weighted by Crippen LogP contribution is -2.04. The van der Waals surface area contributed by atoms with E-state index in [1.165, 1.54) is 24.3 Å². The highest BCUT2D eigenvalue weighted by Gasteiger charge is 2.18. The van der Waals surface area contributed by atoms with Crippen LogP contribution < -0.4 is 0 Å². The molecule has 1 nitrogen and oxygen atoms in total. The minimum absolute atomic E-state index is 0.0160. The number of hydrogen-bond acceptors (Lipinski definition) is 1. The van der Waals surface area contributed by atoms with Crippen molar-refractivity contribution >= 4 is 0 Å². The Morgan fingerprint density at radius 3 is 1.96 bits per heavy atom. The standard InChI is InChI=1S/C20H13F5O/c21-12-3-1-2-11(10-12)13-6-7-16(22)14(19(13)24)4-5-15-17(23)8-9-18(26)20(15)25/h1-3,6-10,26H,4-5H2. The Morgan fingerprint density at radius 1 is 0.692 bits per heavy atom. The molecule has 0 fully saturated rings. The molecule has 0 aliphatic rings. The second-order valence-corrected chi connectivity index (χ2v) is 5.76. The monoisotopic (exact) mass is 364 g/mol. The molecule has 3 rings (SSSR count). The minimum atomic E-state index is -1.16. The van der Waals surface area contributed by atoms with Gasteiger partial charge < -0.3 is 5.11 Å². The van der Waals surface area contributed by atoms with Gasteiger partial charge in [-0.25, -0.2) is 22.0 Å². The van der Waals surface area contributed by atoms with Gasteiger partial charge in [0.15, 0.2) is 11.6 Å². The minimum Gasteiger partial charge on any atom is -0.505 e. The van der Waals surface area contributed by atoms with Crippen molar-refractivity contribution in [3.8, 4) is 16.9 Å². The molecule has 0 aromatic heterocycles. The molecule has 0 atom stereocenters. The summed E-state index contributed by atoms with van der Waals surface area (Å²) in [5.41, 5.74) is -0.620. The number of rotatable bonds is 4. The van der Waals surface area contributed by atoms with Crippen LogP contribution in [0.2, 0.25) is 0 Å². The van der Waals surface area contributed by atoms with Crippen LogP contribution in [0.25, 0.3) is 11.1 Å². The maximum atomic E-state index is 14.7. The fourth-order valence-corrected chi connectivity index (χ4v) is 2.77. The predicted molar refractivity (Wildman–Crippen MR) is 87.2 cm³/mol. The lowest BCUT2D eigenvalue weighted by molar-refractivity contribution is 0.421. The van der Waals surface area contributed by atoms with Gasteiger partial charge in [0.1, 0.15) is 23.3 Å². The number of aromatic hydroxyl groups is 1. The molecule has 0 aliphatic carbocycles. The molecule has 0 heterocycles. The molecule has 0 aliphatic heterocycles. The molecule has 0 bridgehead atoms. The van der Waals surface area contributed by atoms with E-state index in [-0.39, 0.29) is 29.5 Å². The third-order valence-electron chi connectivity index (χ3n) is 4.11. The molecule has 3 aromatic rings. The summed E-state index contributed by atoms with van der Waals surface area (Å²) in [5.74, 6) is -5.18. The maximum absolute atomic E-state index is 14.7. The molecule has 0 radical (unpaired) electrons. The highest BCUT2D eigenvalue weighted by atomic mass is 19.1. The first-order chi connectivity index (χ1) is 12.4. The van der Waals surface area contributed by atoms with Crippen LogP contribution in [0.3, 0.4) is 0 Å². The van der Waals surface area contributed by atoms with Crippen LogP contribution >= 0.6 is 0 Å². The van der Waals surface area contributed by atoms with Gasteiger partial charge in [-0.1, -0.05) is 12.1 Å². The van der Waals surface area contributed by atoms with Gasteiger partial charge in [0.05, 0.1) is 0 Å². The van der Waals surface area contributed by atoms with Crippen molar-refractivity contribution in [1.29, 1.82) is 0 Å². The summed E-state index contributed by atoms with van der Waals surface area (Å²) in [6.07, 6.45) is -0.690. The van der Waals surface area contributed by atoms with E-state index in [0.29, 0.717) is 0 Å². The van der Waals surface area contributed by atoms with Crippen molar-refractivity contribution in [1.82, 2.24) is 0 Å². The summed E-state index contributed by atoms with van der Waals surface area (Å²) in [6, 6.07) is 9.10. The molecule has 3 aromatic carbocycles. The molecule has 1 N–H and O–H groups in total. The van der Waals surface area contributed by atoms with Crippen molar-refractivity contribution in [2.45, 2.75) is 12.8 Å². The fraction of sp³-hybridized carbons (Fsp3) is 0.100. The number of hydrogen-bond donors (Lipinski definition) is 1. The van der Waals surface area contributed by atoms with Gasteiger partial charge >= 0.3 is 0 Å². The molecular weight excluding hydrogens is 351 g/mol. The number of phenolic OH excluding ortho intramolecular Hbond substituents is 1. The Labute approximate surface area is 146 Å². The van der Waals surface area contributed by atoms with E-state index in [1.54, 1.807) is 0 Å². The summed E-state index contributed by atoms with van der Waals surface area (Å²) < 4.78 is 69.7. The van der Waals surface area contributed by atoms with Gasteiger partial charge in [-0.05, 0) is 54.8 Å². The lowest BCUT2D eigenvalue weighted by Gasteiger charge is -2.11. The van der Waals surface area contributed by atoms with Crippen LogP contribution in [0.5, 0.6) is 5.75 Å². The zero-order chi connectivity index (χ0) is 18.8. The topological polar surface area (TPSA) is 20.2 Å². The van der Waals surface area contributed by atoms with Crippen LogP contribution in [0.1, 0.15) is 11.1 Å². The van der Waals surface area contributed by atoms with Crippen molar-refractivity contribution in [2.24, 2.45) is 0 Å². The number of phenols is 1. The molecule has 6 heteroatoms. The number of halogens is 5. The van der Waals surface area contributed by atoms with Crippen LogP contribution in [0.4, 0.5) is 22.0 Å². The van der Waals surface area contributed by atoms with E-state index in [2.05, 4.69) is 0 Å². The zero-order valence-electron chi connectivity index (χ0n) is 13.4. The number of benzene rings is 3. The van der Waals surface area contributed by atoms with Crippen LogP contribution in [0, 0.1) is 29.1 Å². The Hall–Kier alpha value is -2.89. The first-order valence-corrected chi connectivity index (χ1v) is 7.77. The van der Waals surface area contributed by atoms with Crippen LogP contribution in [0.15, 0.2) is 48.5 Å². The molecule has 26 heavy (non-hydrogen) atoms. The fourth-order valence-electron chi connectivity index (χ4n) is 2.77. The van der Waals surface area contributed by atoms with Gasteiger partial charge in [0.25, 0.3) is 0 Å². The predicted octanol–water partition coefficient (Wildman–Crippen LogP) is 5.54. The third-order valence-corrected chi connectivity index (χ3v) is 4.11. The normalized spacial score (nSPS) is 11.0. The first-order valence-electron chi connectivity index (χ1n) is 7.77. The molecule has 0 saturated heterocycles. The van der Waals surface area contributed by atoms with Crippen molar-refractivity contribution in [3.63, 3.8) is 0 Å². The van der Waals surface area contributed by atoms with E-state index >= 15 is 0 Å². The summed E-state index contributed by atoms with van der Waals surface area (Å²) >= 11 is 0. The summed E-state index contributed by atoms with van der Waals surface area (Å²) in [7, 11) is 0. The molecule has 134 valence electrons. The SMILES string of the molecule is Oc1ccc(F)c(CCc2c(F)ccc(-c3cccc(F)c3)c2F)c1F. The quantitative estimate of drug-likeness (QED) is 0.603. The Balaban J connectivity index is 1.96. The Kier molecular flexibility index (Phi) is 4.93. The van der Waals surface area contributed by atoms with Crippen LogP contribution in [-0.4, -0.2) is 5.11 Å². The third kappa shape index (κ3) is 3.40. The van der Waals surface area contributed by atoms with Crippen LogP contribution in [-0.2, 0) is 12.8 Å². The average molecular weight is 364 g/mol. The summed E-state index contributed by atoms with van der Waals surface area (Å²) in [4.78, 5) is 0. The van der Waals surface area contributed by atoms with E-state index in [0.717, 1.165) is 24.3 Å². The van der Waals surface area contributed by atoms with Gasteiger partial charge in [0, 0.05) is 16.7 Å². The molecule has 0 unspecified atom stereocenters. The van der Waals surface area contributed by atoms with E-state index in [9.17, 15) is 27.1 Å². The molecule has 0 saturated carbocycles. The highest BCUT2D eigenvalue weighted by Crippen LogP contribution is 2.29. The summed E-state index contributed by atoms with van der Waals surface area (Å²) in [5, 5.41) is 9.32. The average Bonchev–Trinajstić information content (AvgIpc) is 2.60. The van der Waals surface area contributed by atoms with E-state index in [1.807, 2.05) is 0 Å². The first kappa shape index (κ1) is 17.9. The zero-order valence-corrected chi connectivity index (χ0v) is 13.4. The van der Waals surface area contributed by atoms with E-state index in [4.69, 9.17) is 0 Å². The Morgan fingerprint density at radius 2 is 1.31 bits per heavy atom. The van der Waals surface area contributed by atoms with Gasteiger partial charge in [-0.15, -0.1) is 0 Å². The lowest BCUT2D eigenvalue weighted by atomic mass is 9.97. The molecular formula is C20H13F5O. The van der Waals surface area contributed by atoms with E-state index < -0.39 is 40.4 Å². The van der Waals surface area contributed by atoms with Gasteiger partial charge in [-0.3, -0.25) is 0 Å². The maximum Gasteiger partial charge on any atom is 0.170 e. The molecule has 0 spiro atoms. The van der Waals surface area contributed by atoms with Crippen molar-refractivity contribution < 1.29 is 27.1 Å². The van der Waals surface area contributed by atoms with Gasteiger partial charge in [0.2, 0.25) is 0 Å². The van der Waals surface area contributed by atoms with Crippen molar-refractivity contribution in [3.05, 3.63) is 88.7 Å². The second kappa shape index (κ2) is 7.15. The van der Waals surface area contributed by atoms with Crippen molar-refractivity contribution in [2.75, 3.05) is 0 Å². The smallest absolute Gasteiger partial charge is 0.170 e. The van der Waals surface area contributed by atoms with Gasteiger partial charge in [-0.2, -0.15) is 0 Å². The largest absolute Gasteiger partial charge is 0.505 e. The second-order valence-electron chi connectivity index (χ2n) is 5.76. The highest BCUT2D eigenvalue weighted by molar-refractivity contribution is 5.65. The Bertz CT molecular complexity index is 969.